The zero-order valence-corrected chi connectivity index (χ0v) is 11.8. The van der Waals surface area contributed by atoms with Crippen molar-refractivity contribution in [2.24, 2.45) is 0 Å². The van der Waals surface area contributed by atoms with Crippen molar-refractivity contribution < 1.29 is 9.90 Å². The second kappa shape index (κ2) is 6.29. The number of aliphatic hydroxyl groups is 1. The Morgan fingerprint density at radius 3 is 2.89 bits per heavy atom. The van der Waals surface area contributed by atoms with Crippen LogP contribution in [0.15, 0.2) is 24.4 Å². The first-order valence-electron chi connectivity index (χ1n) is 5.26. The molecule has 0 spiro atoms. The number of nitrogens with one attached hydrogen (secondary N) is 1. The van der Waals surface area contributed by atoms with Crippen LogP contribution in [0.3, 0.4) is 0 Å². The van der Waals surface area contributed by atoms with Crippen LogP contribution in [0.4, 0.5) is 0 Å². The molecule has 2 aromatic rings. The lowest BCUT2D eigenvalue weighted by molar-refractivity contribution is 0.0920. The summed E-state index contributed by atoms with van der Waals surface area (Å²) in [6.45, 7) is 0.0398. The number of hydrogen-bond acceptors (Lipinski definition) is 5. The van der Waals surface area contributed by atoms with E-state index in [1.807, 2.05) is 0 Å². The fourth-order valence-corrected chi connectivity index (χ4v) is 2.39. The molecule has 2 N–H and O–H groups in total. The monoisotopic (exact) mass is 317 g/mol. The minimum absolute atomic E-state index is 0.0398. The van der Waals surface area contributed by atoms with Crippen molar-refractivity contribution in [2.75, 3.05) is 6.54 Å². The molecule has 100 valence electrons. The van der Waals surface area contributed by atoms with E-state index in [1.54, 1.807) is 12.1 Å². The standard InChI is InChI=1S/C11H9Cl2N3O2S/c12-6-1-2-7(8(13)3-6)9(17)4-14-11(18)10-5-15-16-19-10/h1-3,5,9,17H,4H2,(H,14,18). The molecule has 1 aromatic heterocycles. The smallest absolute Gasteiger partial charge is 0.264 e. The highest BCUT2D eigenvalue weighted by Gasteiger charge is 2.14. The summed E-state index contributed by atoms with van der Waals surface area (Å²) in [7, 11) is 0. The average Bonchev–Trinajstić information content (AvgIpc) is 2.89. The molecule has 0 aliphatic heterocycles. The highest BCUT2D eigenvalue weighted by atomic mass is 35.5. The van der Waals surface area contributed by atoms with Crippen LogP contribution in [0.1, 0.15) is 21.3 Å². The first kappa shape index (κ1) is 14.2. The second-order valence-electron chi connectivity index (χ2n) is 3.67. The maximum absolute atomic E-state index is 11.6. The highest BCUT2D eigenvalue weighted by molar-refractivity contribution is 7.07. The van der Waals surface area contributed by atoms with E-state index in [0.717, 1.165) is 11.5 Å². The first-order valence-corrected chi connectivity index (χ1v) is 6.79. The number of nitrogens with zero attached hydrogens (tertiary/aromatic N) is 2. The summed E-state index contributed by atoms with van der Waals surface area (Å²) in [5, 5.41) is 16.9. The van der Waals surface area contributed by atoms with Crippen molar-refractivity contribution in [3.63, 3.8) is 0 Å². The van der Waals surface area contributed by atoms with Gasteiger partial charge in [-0.2, -0.15) is 0 Å². The lowest BCUT2D eigenvalue weighted by atomic mass is 10.1. The fourth-order valence-electron chi connectivity index (χ4n) is 1.43. The number of aliphatic hydroxyl groups excluding tert-OH is 1. The molecule has 0 bridgehead atoms. The number of carbonyl (C=O) groups is 1. The zero-order valence-electron chi connectivity index (χ0n) is 9.51. The van der Waals surface area contributed by atoms with E-state index in [2.05, 4.69) is 14.9 Å². The Kier molecular flexibility index (Phi) is 4.71. The molecular formula is C11H9Cl2N3O2S. The molecule has 0 radical (unpaired) electrons. The van der Waals surface area contributed by atoms with E-state index < -0.39 is 6.10 Å². The third-order valence-corrected chi connectivity index (χ3v) is 3.59. The molecule has 0 saturated carbocycles. The summed E-state index contributed by atoms with van der Waals surface area (Å²) < 4.78 is 3.58. The van der Waals surface area contributed by atoms with Gasteiger partial charge in [0.2, 0.25) is 0 Å². The molecule has 0 fully saturated rings. The van der Waals surface area contributed by atoms with Crippen LogP contribution in [-0.4, -0.2) is 27.1 Å². The van der Waals surface area contributed by atoms with E-state index >= 15 is 0 Å². The molecule has 1 aromatic carbocycles. The van der Waals surface area contributed by atoms with Crippen molar-refractivity contribution in [2.45, 2.75) is 6.10 Å². The van der Waals surface area contributed by atoms with Gasteiger partial charge in [-0.3, -0.25) is 4.79 Å². The Labute approximate surface area is 123 Å². The lowest BCUT2D eigenvalue weighted by Crippen LogP contribution is -2.27. The molecule has 0 aliphatic carbocycles. The first-order chi connectivity index (χ1) is 9.08. The topological polar surface area (TPSA) is 75.1 Å². The Balaban J connectivity index is 1.98. The van der Waals surface area contributed by atoms with Gasteiger partial charge in [0, 0.05) is 22.2 Å². The minimum atomic E-state index is -0.908. The van der Waals surface area contributed by atoms with Crippen LogP contribution < -0.4 is 5.32 Å². The minimum Gasteiger partial charge on any atom is -0.387 e. The van der Waals surface area contributed by atoms with Gasteiger partial charge in [0.1, 0.15) is 4.88 Å². The summed E-state index contributed by atoms with van der Waals surface area (Å²) in [5.74, 6) is -0.334. The quantitative estimate of drug-likeness (QED) is 0.907. The number of carbonyl (C=O) groups excluding carboxylic acids is 1. The van der Waals surface area contributed by atoms with E-state index in [4.69, 9.17) is 23.2 Å². The second-order valence-corrected chi connectivity index (χ2v) is 5.30. The van der Waals surface area contributed by atoms with Crippen molar-refractivity contribution in [1.29, 1.82) is 0 Å². The van der Waals surface area contributed by atoms with Crippen LogP contribution >= 0.6 is 34.7 Å². The highest BCUT2D eigenvalue weighted by Crippen LogP contribution is 2.25. The molecule has 0 saturated heterocycles. The van der Waals surface area contributed by atoms with E-state index in [9.17, 15) is 9.90 Å². The Hall–Kier alpha value is -1.21. The van der Waals surface area contributed by atoms with Crippen molar-refractivity contribution >= 4 is 40.6 Å². The largest absolute Gasteiger partial charge is 0.387 e. The average molecular weight is 318 g/mol. The normalized spacial score (nSPS) is 12.2. The molecule has 1 amide bonds. The van der Waals surface area contributed by atoms with Crippen LogP contribution in [-0.2, 0) is 0 Å². The van der Waals surface area contributed by atoms with Gasteiger partial charge < -0.3 is 10.4 Å². The Morgan fingerprint density at radius 1 is 1.47 bits per heavy atom. The van der Waals surface area contributed by atoms with Gasteiger partial charge in [0.05, 0.1) is 12.3 Å². The molecule has 2 rings (SSSR count). The summed E-state index contributed by atoms with van der Waals surface area (Å²) in [4.78, 5) is 12.0. The van der Waals surface area contributed by atoms with Crippen LogP contribution in [0.2, 0.25) is 10.0 Å². The Morgan fingerprint density at radius 2 is 2.26 bits per heavy atom. The van der Waals surface area contributed by atoms with Gasteiger partial charge in [-0.1, -0.05) is 33.8 Å². The van der Waals surface area contributed by atoms with Crippen molar-refractivity contribution in [1.82, 2.24) is 14.9 Å². The lowest BCUT2D eigenvalue weighted by Gasteiger charge is -2.13. The molecule has 5 nitrogen and oxygen atoms in total. The third-order valence-electron chi connectivity index (χ3n) is 2.36. The maximum Gasteiger partial charge on any atom is 0.264 e. The molecule has 0 aliphatic rings. The molecule has 19 heavy (non-hydrogen) atoms. The SMILES string of the molecule is O=C(NCC(O)c1ccc(Cl)cc1Cl)c1cnns1. The number of rotatable bonds is 4. The third kappa shape index (κ3) is 3.63. The zero-order chi connectivity index (χ0) is 13.8. The van der Waals surface area contributed by atoms with Crippen molar-refractivity contribution in [3.05, 3.63) is 44.9 Å². The number of hydrogen-bond donors (Lipinski definition) is 2. The van der Waals surface area contributed by atoms with Crippen LogP contribution in [0.5, 0.6) is 0 Å². The van der Waals surface area contributed by atoms with E-state index in [-0.39, 0.29) is 12.5 Å². The molecule has 1 heterocycles. The molecule has 1 atom stereocenters. The van der Waals surface area contributed by atoms with Gasteiger partial charge in [0.25, 0.3) is 5.91 Å². The summed E-state index contributed by atoms with van der Waals surface area (Å²) >= 11 is 12.7. The maximum atomic E-state index is 11.6. The van der Waals surface area contributed by atoms with Crippen LogP contribution in [0, 0.1) is 0 Å². The summed E-state index contributed by atoms with van der Waals surface area (Å²) in [5.41, 5.74) is 0.508. The number of aromatic nitrogens is 2. The molecule has 8 heteroatoms. The number of benzene rings is 1. The van der Waals surface area contributed by atoms with E-state index in [1.165, 1.54) is 12.3 Å². The van der Waals surface area contributed by atoms with Crippen LogP contribution in [0.25, 0.3) is 0 Å². The molecular weight excluding hydrogens is 309 g/mol. The molecule has 1 unspecified atom stereocenters. The summed E-state index contributed by atoms with van der Waals surface area (Å²) in [6.07, 6.45) is 0.455. The van der Waals surface area contributed by atoms with Gasteiger partial charge in [-0.15, -0.1) is 5.10 Å². The fraction of sp³-hybridized carbons (Fsp3) is 0.182. The van der Waals surface area contributed by atoms with Gasteiger partial charge in [-0.05, 0) is 23.7 Å². The predicted molar refractivity (Wildman–Crippen MR) is 73.7 cm³/mol. The predicted octanol–water partition coefficient (Wildman–Crippen LogP) is 2.31. The van der Waals surface area contributed by atoms with E-state index in [0.29, 0.717) is 20.5 Å². The number of halogens is 2. The van der Waals surface area contributed by atoms with Crippen molar-refractivity contribution in [3.8, 4) is 0 Å². The number of amides is 1. The van der Waals surface area contributed by atoms with Gasteiger partial charge >= 0.3 is 0 Å². The summed E-state index contributed by atoms with van der Waals surface area (Å²) in [6, 6.07) is 4.78. The Bertz CT molecular complexity index is 577. The van der Waals surface area contributed by atoms with Gasteiger partial charge in [0.15, 0.2) is 0 Å². The van der Waals surface area contributed by atoms with Gasteiger partial charge in [-0.25, -0.2) is 0 Å².